The Labute approximate surface area is 203 Å². The normalized spacial score (nSPS) is 25.1. The van der Waals surface area contributed by atoms with Crippen molar-refractivity contribution in [2.75, 3.05) is 6.61 Å². The van der Waals surface area contributed by atoms with E-state index >= 15 is 8.78 Å². The maximum Gasteiger partial charge on any atom is 0.134 e. The number of hydrogen-bond acceptors (Lipinski definition) is 1. The van der Waals surface area contributed by atoms with Crippen LogP contribution in [0.3, 0.4) is 0 Å². The lowest BCUT2D eigenvalue weighted by molar-refractivity contribution is 0.115. The number of hydrogen-bond donors (Lipinski definition) is 0. The first-order chi connectivity index (χ1) is 16.6. The third kappa shape index (κ3) is 5.98. The van der Waals surface area contributed by atoms with Crippen molar-refractivity contribution in [1.29, 1.82) is 0 Å². The first kappa shape index (κ1) is 24.7. The van der Waals surface area contributed by atoms with E-state index in [1.807, 2.05) is 19.1 Å². The van der Waals surface area contributed by atoms with Gasteiger partial charge in [-0.3, -0.25) is 0 Å². The topological polar surface area (TPSA) is 9.23 Å². The molecule has 0 N–H and O–H groups in total. The van der Waals surface area contributed by atoms with Gasteiger partial charge in [0, 0.05) is 0 Å². The summed E-state index contributed by atoms with van der Waals surface area (Å²) in [4.78, 5) is 0. The molecule has 4 atom stereocenters. The third-order valence-corrected chi connectivity index (χ3v) is 7.96. The molecule has 2 saturated carbocycles. The molecule has 0 aromatic heterocycles. The molecule has 2 aromatic rings. The molecule has 0 radical (unpaired) electrons. The lowest BCUT2D eigenvalue weighted by Crippen LogP contribution is -2.30. The Hall–Kier alpha value is -2.42. The van der Waals surface area contributed by atoms with Gasteiger partial charge < -0.3 is 4.74 Å². The molecule has 0 bridgehead atoms. The zero-order chi connectivity index (χ0) is 23.9. The highest BCUT2D eigenvalue weighted by Gasteiger charge is 2.36. The molecule has 34 heavy (non-hydrogen) atoms. The molecule has 2 aliphatic carbocycles. The molecular formula is C31H38F2O. The van der Waals surface area contributed by atoms with Crippen molar-refractivity contribution >= 4 is 0 Å². The molecule has 1 nitrogen and oxygen atoms in total. The summed E-state index contributed by atoms with van der Waals surface area (Å²) in [5, 5.41) is 0. The fourth-order valence-corrected chi connectivity index (χ4v) is 6.11. The van der Waals surface area contributed by atoms with Gasteiger partial charge in [-0.1, -0.05) is 42.9 Å². The van der Waals surface area contributed by atoms with Crippen LogP contribution in [-0.4, -0.2) is 6.61 Å². The number of benzene rings is 2. The minimum absolute atomic E-state index is 0.0547. The highest BCUT2D eigenvalue weighted by atomic mass is 19.1. The van der Waals surface area contributed by atoms with E-state index in [9.17, 15) is 0 Å². The molecule has 0 aliphatic heterocycles. The minimum atomic E-state index is -0.465. The third-order valence-electron chi connectivity index (χ3n) is 7.96. The van der Waals surface area contributed by atoms with Crippen molar-refractivity contribution in [3.05, 3.63) is 77.9 Å². The van der Waals surface area contributed by atoms with Crippen LogP contribution in [0.15, 0.2) is 60.7 Å². The second-order valence-corrected chi connectivity index (χ2v) is 10.1. The summed E-state index contributed by atoms with van der Waals surface area (Å²) in [6.07, 6.45) is 18.0. The highest BCUT2D eigenvalue weighted by Crippen LogP contribution is 2.48. The van der Waals surface area contributed by atoms with E-state index in [0.29, 0.717) is 23.8 Å². The maximum atomic E-state index is 15.1. The van der Waals surface area contributed by atoms with Crippen molar-refractivity contribution in [3.8, 4) is 16.9 Å². The molecule has 0 amide bonds. The number of fused-ring (bicyclic) bond motifs is 1. The fourth-order valence-electron chi connectivity index (χ4n) is 6.11. The van der Waals surface area contributed by atoms with Crippen LogP contribution in [0.5, 0.6) is 5.75 Å². The van der Waals surface area contributed by atoms with Gasteiger partial charge in [-0.15, -0.1) is 0 Å². The Kier molecular flexibility index (Phi) is 8.59. The summed E-state index contributed by atoms with van der Waals surface area (Å²) in [5.74, 6) is 2.37. The number of ether oxygens (including phenoxy) is 1. The maximum absolute atomic E-state index is 15.1. The first-order valence-electron chi connectivity index (χ1n) is 13.0. The smallest absolute Gasteiger partial charge is 0.134 e. The molecule has 0 spiro atoms. The van der Waals surface area contributed by atoms with Gasteiger partial charge in [0.25, 0.3) is 0 Å². The van der Waals surface area contributed by atoms with Crippen molar-refractivity contribution in [2.24, 2.45) is 17.8 Å². The van der Waals surface area contributed by atoms with Crippen LogP contribution in [0.1, 0.15) is 76.7 Å². The molecule has 0 heterocycles. The average molecular weight is 465 g/mol. The summed E-state index contributed by atoms with van der Waals surface area (Å²) >= 11 is 0. The van der Waals surface area contributed by atoms with Gasteiger partial charge in [-0.25, -0.2) is 8.78 Å². The Balaban J connectivity index is 1.41. The molecule has 4 rings (SSSR count). The molecule has 2 aromatic carbocycles. The van der Waals surface area contributed by atoms with Crippen molar-refractivity contribution in [1.82, 2.24) is 0 Å². The van der Waals surface area contributed by atoms with Gasteiger partial charge in [0.2, 0.25) is 0 Å². The van der Waals surface area contributed by atoms with Gasteiger partial charge >= 0.3 is 0 Å². The van der Waals surface area contributed by atoms with Crippen LogP contribution in [-0.2, 0) is 0 Å². The lowest BCUT2D eigenvalue weighted by atomic mass is 9.63. The molecule has 3 heteroatoms. The van der Waals surface area contributed by atoms with Crippen molar-refractivity contribution in [3.63, 3.8) is 0 Å². The highest BCUT2D eigenvalue weighted by molar-refractivity contribution is 5.66. The summed E-state index contributed by atoms with van der Waals surface area (Å²) in [6.45, 7) is 4.51. The zero-order valence-electron chi connectivity index (χ0n) is 20.6. The van der Waals surface area contributed by atoms with Crippen molar-refractivity contribution in [2.45, 2.75) is 71.1 Å². The Morgan fingerprint density at radius 1 is 0.853 bits per heavy atom. The summed E-state index contributed by atoms with van der Waals surface area (Å²) in [7, 11) is 0. The zero-order valence-corrected chi connectivity index (χ0v) is 20.6. The SMILES string of the molecule is C/C=C/CCC1CCC2CC(c3cc(F)c(-c4ccc(OC/C=C/C)cc4)c(F)c3)CCC2C1. The van der Waals surface area contributed by atoms with Crippen LogP contribution in [0, 0.1) is 29.4 Å². The van der Waals surface area contributed by atoms with Crippen LogP contribution >= 0.6 is 0 Å². The van der Waals surface area contributed by atoms with Crippen LogP contribution in [0.2, 0.25) is 0 Å². The fraction of sp³-hybridized carbons (Fsp3) is 0.484. The molecular weight excluding hydrogens is 426 g/mol. The minimum Gasteiger partial charge on any atom is -0.490 e. The van der Waals surface area contributed by atoms with Gasteiger partial charge in [0.05, 0.1) is 5.56 Å². The molecule has 2 fully saturated rings. The predicted octanol–water partition coefficient (Wildman–Crippen LogP) is 9.24. The van der Waals surface area contributed by atoms with E-state index in [0.717, 1.165) is 30.2 Å². The van der Waals surface area contributed by atoms with E-state index in [2.05, 4.69) is 19.1 Å². The van der Waals surface area contributed by atoms with Crippen molar-refractivity contribution < 1.29 is 13.5 Å². The number of allylic oxidation sites excluding steroid dienone is 3. The lowest BCUT2D eigenvalue weighted by Gasteiger charge is -2.42. The number of halogens is 2. The van der Waals surface area contributed by atoms with Crippen LogP contribution < -0.4 is 4.74 Å². The number of rotatable bonds is 8. The summed E-state index contributed by atoms with van der Waals surface area (Å²) in [6, 6.07) is 10.2. The molecule has 0 saturated heterocycles. The monoisotopic (exact) mass is 464 g/mol. The molecule has 4 unspecified atom stereocenters. The Morgan fingerprint density at radius 2 is 1.53 bits per heavy atom. The second kappa shape index (κ2) is 11.8. The first-order valence-corrected chi connectivity index (χ1v) is 13.0. The largest absolute Gasteiger partial charge is 0.490 e. The molecule has 2 aliphatic rings. The van der Waals surface area contributed by atoms with Crippen LogP contribution in [0.4, 0.5) is 8.78 Å². The average Bonchev–Trinajstić information content (AvgIpc) is 2.84. The Morgan fingerprint density at radius 3 is 2.24 bits per heavy atom. The summed E-state index contributed by atoms with van der Waals surface area (Å²) < 4.78 is 35.9. The van der Waals surface area contributed by atoms with Crippen LogP contribution in [0.25, 0.3) is 11.1 Å². The van der Waals surface area contributed by atoms with E-state index < -0.39 is 11.6 Å². The summed E-state index contributed by atoms with van der Waals surface area (Å²) in [5.41, 5.74) is 1.43. The van der Waals surface area contributed by atoms with Gasteiger partial charge in [0.15, 0.2) is 0 Å². The standard InChI is InChI=1S/C31H38F2O/c1-3-5-7-8-22-9-10-25-19-26(12-11-24(25)18-22)27-20-29(32)31(30(33)21-27)23-13-15-28(16-14-23)34-17-6-4-2/h3-6,13-16,20-22,24-26H,7-12,17-19H2,1-2H3/b5-3+,6-4+. The van der Waals surface area contributed by atoms with E-state index in [4.69, 9.17) is 4.74 Å². The quantitative estimate of drug-likeness (QED) is 0.354. The van der Waals surface area contributed by atoms with E-state index in [1.54, 1.807) is 36.4 Å². The predicted molar refractivity (Wildman–Crippen MR) is 137 cm³/mol. The van der Waals surface area contributed by atoms with Gasteiger partial charge in [-0.05, 0) is 118 Å². The van der Waals surface area contributed by atoms with Gasteiger partial charge in [-0.2, -0.15) is 0 Å². The second-order valence-electron chi connectivity index (χ2n) is 10.1. The molecule has 182 valence electrons. The van der Waals surface area contributed by atoms with E-state index in [1.165, 1.54) is 38.5 Å². The van der Waals surface area contributed by atoms with E-state index in [-0.39, 0.29) is 11.5 Å². The Bertz CT molecular complexity index is 968. The van der Waals surface area contributed by atoms with Gasteiger partial charge in [0.1, 0.15) is 24.0 Å².